The Morgan fingerprint density at radius 1 is 1.43 bits per heavy atom. The molecule has 1 N–H and O–H groups in total. The van der Waals surface area contributed by atoms with Gasteiger partial charge in [0.15, 0.2) is 0 Å². The van der Waals surface area contributed by atoms with Crippen molar-refractivity contribution in [3.8, 4) is 0 Å². The first kappa shape index (κ1) is 15.7. The summed E-state index contributed by atoms with van der Waals surface area (Å²) in [5.74, 6) is 0.275. The molecule has 1 aromatic carbocycles. The fourth-order valence-electron chi connectivity index (χ4n) is 2.83. The number of carbonyl (C=O) groups is 1. The summed E-state index contributed by atoms with van der Waals surface area (Å²) < 4.78 is 1.23. The van der Waals surface area contributed by atoms with Gasteiger partial charge in [-0.3, -0.25) is 9.59 Å². The van der Waals surface area contributed by atoms with Crippen LogP contribution in [0.2, 0.25) is 5.02 Å². The first-order chi connectivity index (χ1) is 11.0. The predicted octanol–water partition coefficient (Wildman–Crippen LogP) is 2.66. The zero-order chi connectivity index (χ0) is 16.4. The molecule has 6 heteroatoms. The molecule has 3 rings (SSSR count). The van der Waals surface area contributed by atoms with Gasteiger partial charge in [0.1, 0.15) is 6.54 Å². The fraction of sp³-hybridized carbons (Fsp3) is 0.353. The second-order valence-corrected chi connectivity index (χ2v) is 6.46. The van der Waals surface area contributed by atoms with Crippen molar-refractivity contribution < 1.29 is 4.79 Å². The maximum atomic E-state index is 12.1. The van der Waals surface area contributed by atoms with Gasteiger partial charge >= 0.3 is 0 Å². The molecule has 0 bridgehead atoms. The molecule has 2 aromatic rings. The molecule has 0 spiro atoms. The molecule has 1 aliphatic rings. The highest BCUT2D eigenvalue weighted by Crippen LogP contribution is 2.22. The van der Waals surface area contributed by atoms with Gasteiger partial charge in [-0.25, -0.2) is 4.68 Å². The molecule has 1 aliphatic carbocycles. The van der Waals surface area contributed by atoms with Crippen LogP contribution in [0.15, 0.2) is 35.1 Å². The molecule has 0 aliphatic heterocycles. The van der Waals surface area contributed by atoms with Crippen LogP contribution in [0.5, 0.6) is 0 Å². The predicted molar refractivity (Wildman–Crippen MR) is 89.8 cm³/mol. The van der Waals surface area contributed by atoms with Gasteiger partial charge in [-0.1, -0.05) is 24.6 Å². The van der Waals surface area contributed by atoms with Crippen molar-refractivity contribution >= 4 is 23.2 Å². The SMILES string of the molecule is CC1CCc2nn(CC(=O)Nc3cccc(Cl)c3)c(=O)cc2C1. The Morgan fingerprint density at radius 2 is 2.26 bits per heavy atom. The summed E-state index contributed by atoms with van der Waals surface area (Å²) in [4.78, 5) is 24.3. The van der Waals surface area contributed by atoms with E-state index in [4.69, 9.17) is 11.6 Å². The van der Waals surface area contributed by atoms with E-state index in [2.05, 4.69) is 17.3 Å². The van der Waals surface area contributed by atoms with Crippen LogP contribution in [0.1, 0.15) is 24.6 Å². The molecule has 120 valence electrons. The number of hydrogen-bond acceptors (Lipinski definition) is 3. The minimum Gasteiger partial charge on any atom is -0.324 e. The number of rotatable bonds is 3. The van der Waals surface area contributed by atoms with E-state index in [1.165, 1.54) is 4.68 Å². The van der Waals surface area contributed by atoms with E-state index < -0.39 is 0 Å². The first-order valence-electron chi connectivity index (χ1n) is 7.66. The van der Waals surface area contributed by atoms with Crippen LogP contribution < -0.4 is 10.9 Å². The molecular weight excluding hydrogens is 314 g/mol. The normalized spacial score (nSPS) is 16.7. The molecule has 23 heavy (non-hydrogen) atoms. The van der Waals surface area contributed by atoms with Crippen LogP contribution in [0.25, 0.3) is 0 Å². The van der Waals surface area contributed by atoms with Gasteiger partial charge in [0, 0.05) is 16.8 Å². The van der Waals surface area contributed by atoms with Crippen molar-refractivity contribution in [2.24, 2.45) is 5.92 Å². The van der Waals surface area contributed by atoms with E-state index >= 15 is 0 Å². The molecule has 0 saturated carbocycles. The third-order valence-electron chi connectivity index (χ3n) is 4.01. The second kappa shape index (κ2) is 6.54. The van der Waals surface area contributed by atoms with E-state index in [1.807, 2.05) is 0 Å². The number of fused-ring (bicyclic) bond motifs is 1. The number of nitrogens with zero attached hydrogens (tertiary/aromatic N) is 2. The maximum absolute atomic E-state index is 12.1. The summed E-state index contributed by atoms with van der Waals surface area (Å²) in [7, 11) is 0. The van der Waals surface area contributed by atoms with Crippen molar-refractivity contribution in [2.75, 3.05) is 5.32 Å². The van der Waals surface area contributed by atoms with Crippen LogP contribution in [0.3, 0.4) is 0 Å². The van der Waals surface area contributed by atoms with Crippen molar-refractivity contribution in [2.45, 2.75) is 32.7 Å². The molecule has 1 atom stereocenters. The number of hydrogen-bond donors (Lipinski definition) is 1. The molecular formula is C17H18ClN3O2. The van der Waals surface area contributed by atoms with E-state index in [9.17, 15) is 9.59 Å². The maximum Gasteiger partial charge on any atom is 0.267 e. The molecule has 1 heterocycles. The molecule has 0 saturated heterocycles. The van der Waals surface area contributed by atoms with Gasteiger partial charge in [0.2, 0.25) is 5.91 Å². The summed E-state index contributed by atoms with van der Waals surface area (Å²) in [5, 5.41) is 7.63. The van der Waals surface area contributed by atoms with Crippen molar-refractivity contribution in [1.82, 2.24) is 9.78 Å². The minimum atomic E-state index is -0.300. The number of carbonyl (C=O) groups excluding carboxylic acids is 1. The Bertz CT molecular complexity index is 801. The van der Waals surface area contributed by atoms with E-state index in [0.717, 1.165) is 30.5 Å². The molecule has 5 nitrogen and oxygen atoms in total. The Labute approximate surface area is 139 Å². The first-order valence-corrected chi connectivity index (χ1v) is 8.04. The van der Waals surface area contributed by atoms with Crippen molar-refractivity contribution in [3.63, 3.8) is 0 Å². The van der Waals surface area contributed by atoms with Crippen LogP contribution in [0.4, 0.5) is 5.69 Å². The standard InChI is InChI=1S/C17H18ClN3O2/c1-11-5-6-15-12(7-11)8-17(23)21(20-15)10-16(22)19-14-4-2-3-13(18)9-14/h2-4,8-9,11H,5-7,10H2,1H3,(H,19,22). The fourth-order valence-corrected chi connectivity index (χ4v) is 3.02. The van der Waals surface area contributed by atoms with Crippen molar-refractivity contribution in [3.05, 3.63) is 57.0 Å². The average Bonchev–Trinajstić information content (AvgIpc) is 2.48. The highest BCUT2D eigenvalue weighted by molar-refractivity contribution is 6.30. The van der Waals surface area contributed by atoms with Gasteiger partial charge in [0.05, 0.1) is 5.69 Å². The van der Waals surface area contributed by atoms with Gasteiger partial charge in [0.25, 0.3) is 5.56 Å². The van der Waals surface area contributed by atoms with E-state index in [0.29, 0.717) is 16.6 Å². The van der Waals surface area contributed by atoms with Gasteiger partial charge in [-0.05, 0) is 48.9 Å². The van der Waals surface area contributed by atoms with Crippen molar-refractivity contribution in [1.29, 1.82) is 0 Å². The number of amides is 1. The lowest BCUT2D eigenvalue weighted by atomic mass is 9.88. The number of anilines is 1. The molecule has 1 aromatic heterocycles. The third-order valence-corrected chi connectivity index (χ3v) is 4.24. The molecule has 0 fully saturated rings. The summed E-state index contributed by atoms with van der Waals surface area (Å²) >= 11 is 5.89. The van der Waals surface area contributed by atoms with Gasteiger partial charge < -0.3 is 5.32 Å². The highest BCUT2D eigenvalue weighted by atomic mass is 35.5. The van der Waals surface area contributed by atoms with Gasteiger partial charge in [-0.2, -0.15) is 5.10 Å². The average molecular weight is 332 g/mol. The van der Waals surface area contributed by atoms with Crippen LogP contribution in [-0.4, -0.2) is 15.7 Å². The lowest BCUT2D eigenvalue weighted by Gasteiger charge is -2.20. The lowest BCUT2D eigenvalue weighted by Crippen LogP contribution is -2.32. The number of aromatic nitrogens is 2. The zero-order valence-corrected chi connectivity index (χ0v) is 13.6. The van der Waals surface area contributed by atoms with E-state index in [-0.39, 0.29) is 18.0 Å². The minimum absolute atomic E-state index is 0.103. The quantitative estimate of drug-likeness (QED) is 0.940. The molecule has 1 amide bonds. The third kappa shape index (κ3) is 3.79. The van der Waals surface area contributed by atoms with Crippen LogP contribution in [0, 0.1) is 5.92 Å². The van der Waals surface area contributed by atoms with Gasteiger partial charge in [-0.15, -0.1) is 0 Å². The largest absolute Gasteiger partial charge is 0.324 e. The van der Waals surface area contributed by atoms with Crippen LogP contribution >= 0.6 is 11.6 Å². The number of aryl methyl sites for hydroxylation is 1. The number of halogens is 1. The lowest BCUT2D eigenvalue weighted by molar-refractivity contribution is -0.117. The summed E-state index contributed by atoms with van der Waals surface area (Å²) in [6, 6.07) is 8.50. The molecule has 1 unspecified atom stereocenters. The zero-order valence-electron chi connectivity index (χ0n) is 12.9. The topological polar surface area (TPSA) is 64.0 Å². The Balaban J connectivity index is 1.75. The Kier molecular flexibility index (Phi) is 4.48. The van der Waals surface area contributed by atoms with Crippen LogP contribution in [-0.2, 0) is 24.2 Å². The second-order valence-electron chi connectivity index (χ2n) is 6.02. The highest BCUT2D eigenvalue weighted by Gasteiger charge is 2.18. The summed E-state index contributed by atoms with van der Waals surface area (Å²) in [6.45, 7) is 2.07. The number of benzene rings is 1. The Hall–Kier alpha value is -2.14. The van der Waals surface area contributed by atoms with E-state index in [1.54, 1.807) is 30.3 Å². The smallest absolute Gasteiger partial charge is 0.267 e. The Morgan fingerprint density at radius 3 is 3.04 bits per heavy atom. The number of nitrogens with one attached hydrogen (secondary N) is 1. The summed E-state index contributed by atoms with van der Waals surface area (Å²) in [6.07, 6.45) is 2.80. The summed E-state index contributed by atoms with van der Waals surface area (Å²) in [5.41, 5.74) is 2.31. The molecule has 0 radical (unpaired) electrons. The monoisotopic (exact) mass is 331 g/mol.